The Morgan fingerprint density at radius 1 is 0.508 bits per heavy atom. The van der Waals surface area contributed by atoms with Gasteiger partial charge in [-0.25, -0.2) is 0 Å². The lowest BCUT2D eigenvalue weighted by Gasteiger charge is -2.43. The average molecular weight is 823 g/mol. The van der Waals surface area contributed by atoms with E-state index >= 15 is 0 Å². The van der Waals surface area contributed by atoms with Gasteiger partial charge in [0.25, 0.3) is 8.32 Å². The van der Waals surface area contributed by atoms with E-state index in [1.165, 1.54) is 85.7 Å². The van der Waals surface area contributed by atoms with Crippen LogP contribution in [0.4, 0.5) is 0 Å². The SMILES string of the molecule is COc1ccc(CO[C@H](CCCCCCCCCCC[C@H](O)CCCCC[C@@H](C)OCc2ccccc2)CCO[Si](c2ccccc2)(c2ccccc2)C(C)(C)C)cc1. The molecule has 5 nitrogen and oxygen atoms in total. The summed E-state index contributed by atoms with van der Waals surface area (Å²) in [5.74, 6) is 0.867. The fourth-order valence-corrected chi connectivity index (χ4v) is 12.9. The number of hydrogen-bond donors (Lipinski definition) is 1. The Kier molecular flexibility index (Phi) is 22.6. The number of ether oxygens (including phenoxy) is 3. The van der Waals surface area contributed by atoms with Gasteiger partial charge in [0, 0.05) is 6.61 Å². The van der Waals surface area contributed by atoms with E-state index < -0.39 is 8.32 Å². The summed E-state index contributed by atoms with van der Waals surface area (Å²) in [7, 11) is -0.887. The molecule has 324 valence electrons. The van der Waals surface area contributed by atoms with Gasteiger partial charge in [-0.05, 0) is 77.7 Å². The molecular weight excluding hydrogens is 745 g/mol. The normalized spacial score (nSPS) is 13.6. The highest BCUT2D eigenvalue weighted by Crippen LogP contribution is 2.37. The largest absolute Gasteiger partial charge is 0.497 e. The molecule has 0 unspecified atom stereocenters. The number of hydrogen-bond acceptors (Lipinski definition) is 5. The zero-order valence-electron chi connectivity index (χ0n) is 37.4. The van der Waals surface area contributed by atoms with Crippen molar-refractivity contribution < 1.29 is 23.7 Å². The van der Waals surface area contributed by atoms with Crippen LogP contribution in [0.25, 0.3) is 0 Å². The van der Waals surface area contributed by atoms with Crippen molar-refractivity contribution in [1.82, 2.24) is 0 Å². The summed E-state index contributed by atoms with van der Waals surface area (Å²) in [6, 6.07) is 40.5. The molecule has 4 aromatic rings. The number of benzene rings is 4. The van der Waals surface area contributed by atoms with Gasteiger partial charge in [-0.15, -0.1) is 0 Å². The van der Waals surface area contributed by atoms with Crippen LogP contribution in [0.1, 0.15) is 148 Å². The van der Waals surface area contributed by atoms with Gasteiger partial charge < -0.3 is 23.7 Å². The van der Waals surface area contributed by atoms with E-state index in [1.807, 2.05) is 18.2 Å². The van der Waals surface area contributed by atoms with Crippen molar-refractivity contribution in [3.8, 4) is 5.75 Å². The molecule has 0 saturated heterocycles. The molecule has 0 fully saturated rings. The highest BCUT2D eigenvalue weighted by molar-refractivity contribution is 6.99. The first-order valence-corrected chi connectivity index (χ1v) is 24.9. The summed E-state index contributed by atoms with van der Waals surface area (Å²) in [5.41, 5.74) is 2.40. The van der Waals surface area contributed by atoms with Gasteiger partial charge in [0.05, 0.1) is 38.6 Å². The van der Waals surface area contributed by atoms with Crippen LogP contribution in [-0.4, -0.2) is 45.5 Å². The molecule has 0 aliphatic rings. The van der Waals surface area contributed by atoms with Crippen LogP contribution in [0.3, 0.4) is 0 Å². The molecule has 6 heteroatoms. The van der Waals surface area contributed by atoms with Crippen LogP contribution in [-0.2, 0) is 27.1 Å². The molecular formula is C53H78O5Si. The zero-order valence-corrected chi connectivity index (χ0v) is 38.4. The van der Waals surface area contributed by atoms with Gasteiger partial charge in [0.2, 0.25) is 0 Å². The Balaban J connectivity index is 1.11. The summed E-state index contributed by atoms with van der Waals surface area (Å²) in [5, 5.41) is 13.1. The summed E-state index contributed by atoms with van der Waals surface area (Å²) in [6.45, 7) is 11.2. The molecule has 1 N–H and O–H groups in total. The van der Waals surface area contributed by atoms with Crippen molar-refractivity contribution >= 4 is 18.7 Å². The highest BCUT2D eigenvalue weighted by Gasteiger charge is 2.50. The van der Waals surface area contributed by atoms with Gasteiger partial charge in [-0.3, -0.25) is 0 Å². The number of methoxy groups -OCH3 is 1. The van der Waals surface area contributed by atoms with E-state index in [0.717, 1.165) is 50.7 Å². The molecule has 0 aliphatic carbocycles. The first-order chi connectivity index (χ1) is 28.7. The fourth-order valence-electron chi connectivity index (χ4n) is 8.37. The van der Waals surface area contributed by atoms with Gasteiger partial charge in [-0.1, -0.05) is 201 Å². The van der Waals surface area contributed by atoms with Crippen molar-refractivity contribution in [2.75, 3.05) is 13.7 Å². The molecule has 0 amide bonds. The van der Waals surface area contributed by atoms with Crippen molar-refractivity contribution in [2.24, 2.45) is 0 Å². The lowest BCUT2D eigenvalue weighted by Crippen LogP contribution is -2.66. The predicted molar refractivity (Wildman–Crippen MR) is 250 cm³/mol. The summed E-state index contributed by atoms with van der Waals surface area (Å²) in [6.07, 6.45) is 19.9. The first-order valence-electron chi connectivity index (χ1n) is 23.0. The van der Waals surface area contributed by atoms with Crippen LogP contribution < -0.4 is 15.1 Å². The quantitative estimate of drug-likeness (QED) is 0.0405. The van der Waals surface area contributed by atoms with Crippen molar-refractivity contribution in [2.45, 2.75) is 173 Å². The predicted octanol–water partition coefficient (Wildman–Crippen LogP) is 12.8. The van der Waals surface area contributed by atoms with Crippen LogP contribution in [0.15, 0.2) is 115 Å². The maximum Gasteiger partial charge on any atom is 0.261 e. The van der Waals surface area contributed by atoms with Crippen LogP contribution in [0.5, 0.6) is 5.75 Å². The highest BCUT2D eigenvalue weighted by atomic mass is 28.4. The second-order valence-corrected chi connectivity index (χ2v) is 22.0. The molecule has 0 aromatic heterocycles. The summed E-state index contributed by atoms with van der Waals surface area (Å²) in [4.78, 5) is 0. The molecule has 0 radical (unpaired) electrons. The Labute approximate surface area is 360 Å². The van der Waals surface area contributed by atoms with E-state index in [4.69, 9.17) is 18.6 Å². The third kappa shape index (κ3) is 17.7. The van der Waals surface area contributed by atoms with Crippen molar-refractivity contribution in [1.29, 1.82) is 0 Å². The second-order valence-electron chi connectivity index (χ2n) is 17.7. The van der Waals surface area contributed by atoms with Crippen LogP contribution in [0.2, 0.25) is 5.04 Å². The second kappa shape index (κ2) is 27.6. The van der Waals surface area contributed by atoms with Gasteiger partial charge >= 0.3 is 0 Å². The third-order valence-corrected chi connectivity index (χ3v) is 17.0. The minimum absolute atomic E-state index is 0.0465. The van der Waals surface area contributed by atoms with Gasteiger partial charge in [-0.2, -0.15) is 0 Å². The molecule has 0 saturated carbocycles. The van der Waals surface area contributed by atoms with Gasteiger partial charge in [0.15, 0.2) is 0 Å². The molecule has 0 aliphatic heterocycles. The minimum atomic E-state index is -2.59. The van der Waals surface area contributed by atoms with Gasteiger partial charge in [0.1, 0.15) is 5.75 Å². The van der Waals surface area contributed by atoms with E-state index in [2.05, 4.69) is 125 Å². The Morgan fingerprint density at radius 2 is 0.949 bits per heavy atom. The molecule has 59 heavy (non-hydrogen) atoms. The maximum absolute atomic E-state index is 10.5. The molecule has 4 rings (SSSR count). The van der Waals surface area contributed by atoms with Crippen LogP contribution in [0, 0.1) is 0 Å². The average Bonchev–Trinajstić information content (AvgIpc) is 3.25. The van der Waals surface area contributed by atoms with Crippen LogP contribution >= 0.6 is 0 Å². The molecule has 0 bridgehead atoms. The summed E-state index contributed by atoms with van der Waals surface area (Å²) >= 11 is 0. The Morgan fingerprint density at radius 3 is 1.47 bits per heavy atom. The number of aliphatic hydroxyl groups is 1. The Hall–Kier alpha value is -3.26. The van der Waals surface area contributed by atoms with E-state index in [0.29, 0.717) is 19.8 Å². The van der Waals surface area contributed by atoms with E-state index in [-0.39, 0.29) is 23.4 Å². The first kappa shape index (κ1) is 48.4. The lowest BCUT2D eigenvalue weighted by molar-refractivity contribution is 0.0188. The summed E-state index contributed by atoms with van der Waals surface area (Å²) < 4.78 is 25.3. The molecule has 0 spiro atoms. The van der Waals surface area contributed by atoms with Crippen molar-refractivity contribution in [3.63, 3.8) is 0 Å². The molecule has 4 aromatic carbocycles. The Bertz CT molecular complexity index is 1570. The third-order valence-electron chi connectivity index (χ3n) is 11.9. The number of unbranched alkanes of at least 4 members (excludes halogenated alkanes) is 10. The number of rotatable bonds is 31. The minimum Gasteiger partial charge on any atom is -0.497 e. The maximum atomic E-state index is 10.5. The van der Waals surface area contributed by atoms with Crippen molar-refractivity contribution in [3.05, 3.63) is 126 Å². The standard InChI is InChI=1S/C53H78O5Si/c1-45(56-43-46-28-18-14-19-29-46)27-17-13-21-31-48(54)30-20-11-9-7-6-8-10-12-22-32-50(57-44-47-37-39-49(55-5)40-38-47)41-42-58-59(53(2,3)4,51-33-23-15-24-34-51)52-35-25-16-26-36-52/h14-16,18-19,23-26,28-29,33-40,45,48,50,54H,6-13,17,20-22,27,30-32,41-44H2,1-5H3/t45-,48+,50-/m1/s1. The topological polar surface area (TPSA) is 57.2 Å². The monoisotopic (exact) mass is 823 g/mol. The lowest BCUT2D eigenvalue weighted by atomic mass is 10.0. The molecule has 3 atom stereocenters. The smallest absolute Gasteiger partial charge is 0.261 e. The zero-order chi connectivity index (χ0) is 42.0. The fraction of sp³-hybridized carbons (Fsp3) is 0.547. The van der Waals surface area contributed by atoms with E-state index in [9.17, 15) is 5.11 Å². The van der Waals surface area contributed by atoms with E-state index in [1.54, 1.807) is 7.11 Å². The molecule has 0 heterocycles. The number of aliphatic hydroxyl groups excluding tert-OH is 1.